The van der Waals surface area contributed by atoms with E-state index in [2.05, 4.69) is 15.7 Å². The van der Waals surface area contributed by atoms with E-state index in [1.54, 1.807) is 16.9 Å². The summed E-state index contributed by atoms with van der Waals surface area (Å²) in [6.07, 6.45) is -2.48. The van der Waals surface area contributed by atoms with Crippen LogP contribution in [0.4, 0.5) is 13.2 Å². The summed E-state index contributed by atoms with van der Waals surface area (Å²) in [4.78, 5) is 12.0. The maximum absolute atomic E-state index is 13.2. The minimum absolute atomic E-state index is 0.0251. The molecule has 1 amide bonds. The summed E-state index contributed by atoms with van der Waals surface area (Å²) in [5.74, 6) is -0.425. The number of hydrogen-bond donors (Lipinski definition) is 2. The number of rotatable bonds is 4. The van der Waals surface area contributed by atoms with Crippen LogP contribution in [0.3, 0.4) is 0 Å². The first-order valence-electron chi connectivity index (χ1n) is 6.93. The zero-order chi connectivity index (χ0) is 15.3. The maximum atomic E-state index is 13.2. The lowest BCUT2D eigenvalue weighted by Crippen LogP contribution is -2.37. The van der Waals surface area contributed by atoms with Crippen LogP contribution in [0.1, 0.15) is 23.8 Å². The fourth-order valence-corrected chi connectivity index (χ4v) is 3.32. The molecule has 0 radical (unpaired) electrons. The fraction of sp³-hybridized carbons (Fsp3) is 0.692. The molecule has 1 aromatic heterocycles. The second kappa shape index (κ2) is 4.46. The van der Waals surface area contributed by atoms with Gasteiger partial charge in [0.1, 0.15) is 5.69 Å². The molecule has 0 unspecified atom stereocenters. The van der Waals surface area contributed by atoms with Crippen molar-refractivity contribution in [3.63, 3.8) is 0 Å². The van der Waals surface area contributed by atoms with E-state index < -0.39 is 22.9 Å². The Labute approximate surface area is 119 Å². The van der Waals surface area contributed by atoms with Gasteiger partial charge in [0.05, 0.1) is 5.41 Å². The molecule has 2 atom stereocenters. The van der Waals surface area contributed by atoms with Gasteiger partial charge in [0.15, 0.2) is 0 Å². The van der Waals surface area contributed by atoms with Crippen molar-refractivity contribution in [2.45, 2.75) is 26.1 Å². The standard InChI is InChI=1S/C13H17F3N4O/c1-2-20-4-3-9(19-20)10(21)18-7-11-5-12(11,8-17-6-11)13(14,15)16/h3-4,17H,2,5-8H2,1H3,(H,18,21)/t11-,12-/m1/s1. The monoisotopic (exact) mass is 302 g/mol. The van der Waals surface area contributed by atoms with E-state index in [1.165, 1.54) is 0 Å². The van der Waals surface area contributed by atoms with E-state index in [1.807, 2.05) is 6.92 Å². The lowest BCUT2D eigenvalue weighted by Gasteiger charge is -2.20. The number of alkyl halides is 3. The number of halogens is 3. The van der Waals surface area contributed by atoms with Crippen molar-refractivity contribution in [3.05, 3.63) is 18.0 Å². The second-order valence-electron chi connectivity index (χ2n) is 5.88. The molecule has 1 aliphatic heterocycles. The van der Waals surface area contributed by atoms with Crippen LogP contribution in [0, 0.1) is 10.8 Å². The number of carbonyl (C=O) groups is 1. The molecule has 2 N–H and O–H groups in total. The zero-order valence-corrected chi connectivity index (χ0v) is 11.6. The molecule has 8 heteroatoms. The second-order valence-corrected chi connectivity index (χ2v) is 5.88. The predicted octanol–water partition coefficient (Wildman–Crippen LogP) is 1.17. The minimum Gasteiger partial charge on any atom is -0.350 e. The van der Waals surface area contributed by atoms with Crippen molar-refractivity contribution in [3.8, 4) is 0 Å². The highest BCUT2D eigenvalue weighted by Crippen LogP contribution is 2.72. The molecular formula is C13H17F3N4O. The molecule has 2 fully saturated rings. The average molecular weight is 302 g/mol. The SMILES string of the molecule is CCn1ccc(C(=O)NC[C@@]23CNC[C@]2(C(F)(F)F)C3)n1. The van der Waals surface area contributed by atoms with Crippen molar-refractivity contribution < 1.29 is 18.0 Å². The summed E-state index contributed by atoms with van der Waals surface area (Å²) >= 11 is 0. The van der Waals surface area contributed by atoms with Gasteiger partial charge in [0.2, 0.25) is 0 Å². The first-order chi connectivity index (χ1) is 9.84. The Bertz CT molecular complexity index is 570. The first kappa shape index (κ1) is 14.4. The number of piperidine rings is 1. The largest absolute Gasteiger partial charge is 0.396 e. The number of fused-ring (bicyclic) bond motifs is 1. The third kappa shape index (κ3) is 2.04. The summed E-state index contributed by atoms with van der Waals surface area (Å²) in [6, 6.07) is 1.56. The van der Waals surface area contributed by atoms with Crippen LogP contribution in [0.2, 0.25) is 0 Å². The number of nitrogens with one attached hydrogen (secondary N) is 2. The van der Waals surface area contributed by atoms with Gasteiger partial charge >= 0.3 is 6.18 Å². The molecular weight excluding hydrogens is 285 g/mol. The van der Waals surface area contributed by atoms with Gasteiger partial charge in [-0.1, -0.05) is 0 Å². The number of hydrogen-bond acceptors (Lipinski definition) is 3. The van der Waals surface area contributed by atoms with Crippen LogP contribution in [-0.4, -0.2) is 41.5 Å². The van der Waals surface area contributed by atoms with Gasteiger partial charge in [0.25, 0.3) is 5.91 Å². The molecule has 116 valence electrons. The Balaban J connectivity index is 1.65. The molecule has 2 aliphatic rings. The summed E-state index contributed by atoms with van der Waals surface area (Å²) < 4.78 is 41.1. The van der Waals surface area contributed by atoms with Gasteiger partial charge in [-0.2, -0.15) is 18.3 Å². The van der Waals surface area contributed by atoms with Gasteiger partial charge in [-0.05, 0) is 19.4 Å². The summed E-state index contributed by atoms with van der Waals surface area (Å²) in [5.41, 5.74) is -2.33. The van der Waals surface area contributed by atoms with Crippen LogP contribution < -0.4 is 10.6 Å². The molecule has 5 nitrogen and oxygen atoms in total. The van der Waals surface area contributed by atoms with E-state index in [0.29, 0.717) is 6.54 Å². The van der Waals surface area contributed by atoms with Crippen LogP contribution in [0.15, 0.2) is 12.3 Å². The molecule has 21 heavy (non-hydrogen) atoms. The number of carbonyl (C=O) groups excluding carboxylic acids is 1. The number of amides is 1. The average Bonchev–Trinajstić information content (AvgIpc) is 2.81. The topological polar surface area (TPSA) is 59.0 Å². The van der Waals surface area contributed by atoms with E-state index in [4.69, 9.17) is 0 Å². The molecule has 2 heterocycles. The van der Waals surface area contributed by atoms with Crippen LogP contribution in [0.5, 0.6) is 0 Å². The van der Waals surface area contributed by atoms with E-state index >= 15 is 0 Å². The highest BCUT2D eigenvalue weighted by atomic mass is 19.4. The Morgan fingerprint density at radius 1 is 1.52 bits per heavy atom. The van der Waals surface area contributed by atoms with Gasteiger partial charge < -0.3 is 10.6 Å². The molecule has 1 saturated carbocycles. The summed E-state index contributed by atoms with van der Waals surface area (Å²) in [5, 5.41) is 9.44. The number of nitrogens with zero attached hydrogens (tertiary/aromatic N) is 2. The highest BCUT2D eigenvalue weighted by molar-refractivity contribution is 5.92. The van der Waals surface area contributed by atoms with Crippen molar-refractivity contribution in [1.82, 2.24) is 20.4 Å². The van der Waals surface area contributed by atoms with Crippen molar-refractivity contribution in [2.24, 2.45) is 10.8 Å². The normalized spacial score (nSPS) is 31.0. The van der Waals surface area contributed by atoms with Gasteiger partial charge in [-0.15, -0.1) is 0 Å². The quantitative estimate of drug-likeness (QED) is 0.878. The van der Waals surface area contributed by atoms with Crippen LogP contribution in [0.25, 0.3) is 0 Å². The van der Waals surface area contributed by atoms with E-state index in [-0.39, 0.29) is 31.7 Å². The first-order valence-corrected chi connectivity index (χ1v) is 6.93. The van der Waals surface area contributed by atoms with Crippen molar-refractivity contribution >= 4 is 5.91 Å². The smallest absolute Gasteiger partial charge is 0.350 e. The predicted molar refractivity (Wildman–Crippen MR) is 68.6 cm³/mol. The molecule has 0 spiro atoms. The van der Waals surface area contributed by atoms with Crippen LogP contribution >= 0.6 is 0 Å². The van der Waals surface area contributed by atoms with Gasteiger partial charge in [-0.3, -0.25) is 9.48 Å². The third-order valence-electron chi connectivity index (χ3n) is 4.75. The Morgan fingerprint density at radius 2 is 2.29 bits per heavy atom. The fourth-order valence-electron chi connectivity index (χ4n) is 3.32. The lowest BCUT2D eigenvalue weighted by atomic mass is 9.95. The summed E-state index contributed by atoms with van der Waals surface area (Å²) in [7, 11) is 0. The Kier molecular flexibility index (Phi) is 3.05. The maximum Gasteiger partial charge on any atom is 0.396 e. The Hall–Kier alpha value is -1.57. The van der Waals surface area contributed by atoms with Gasteiger partial charge in [-0.25, -0.2) is 0 Å². The third-order valence-corrected chi connectivity index (χ3v) is 4.75. The highest BCUT2D eigenvalue weighted by Gasteiger charge is 2.81. The lowest BCUT2D eigenvalue weighted by molar-refractivity contribution is -0.190. The molecule has 1 saturated heterocycles. The summed E-state index contributed by atoms with van der Waals surface area (Å²) in [6.45, 7) is 2.78. The number of aromatic nitrogens is 2. The van der Waals surface area contributed by atoms with Gasteiger partial charge in [0, 0.05) is 37.8 Å². The van der Waals surface area contributed by atoms with Crippen molar-refractivity contribution in [1.29, 1.82) is 0 Å². The minimum atomic E-state index is -4.23. The molecule has 1 aromatic rings. The number of aryl methyl sites for hydroxylation is 1. The molecule has 0 bridgehead atoms. The zero-order valence-electron chi connectivity index (χ0n) is 11.6. The van der Waals surface area contributed by atoms with Crippen molar-refractivity contribution in [2.75, 3.05) is 19.6 Å². The molecule has 3 rings (SSSR count). The van der Waals surface area contributed by atoms with E-state index in [9.17, 15) is 18.0 Å². The van der Waals surface area contributed by atoms with Crippen LogP contribution in [-0.2, 0) is 6.54 Å². The molecule has 0 aromatic carbocycles. The van der Waals surface area contributed by atoms with E-state index in [0.717, 1.165) is 0 Å². The Morgan fingerprint density at radius 3 is 2.86 bits per heavy atom. The molecule has 1 aliphatic carbocycles.